The van der Waals surface area contributed by atoms with E-state index in [0.717, 1.165) is 65.3 Å². The maximum atomic E-state index is 14.2. The van der Waals surface area contributed by atoms with Gasteiger partial charge in [0.25, 0.3) is 5.91 Å². The van der Waals surface area contributed by atoms with Gasteiger partial charge < -0.3 is 10.2 Å². The minimum Gasteiger partial charge on any atom is -0.349 e. The molecule has 1 N–H and O–H groups in total. The molecule has 39 heavy (non-hydrogen) atoms. The molecular formula is C34H42N4O. The van der Waals surface area contributed by atoms with Crippen molar-refractivity contribution in [2.24, 2.45) is 11.8 Å². The average Bonchev–Trinajstić information content (AvgIpc) is 3.62. The Morgan fingerprint density at radius 2 is 1.62 bits per heavy atom. The van der Waals surface area contributed by atoms with Gasteiger partial charge in [0, 0.05) is 35.1 Å². The van der Waals surface area contributed by atoms with Gasteiger partial charge in [0.1, 0.15) is 0 Å². The molecule has 0 spiro atoms. The van der Waals surface area contributed by atoms with Crippen LogP contribution in [0.1, 0.15) is 73.7 Å². The number of fused-ring (bicyclic) bond motifs is 3. The fraction of sp³-hybridized carbons (Fsp3) is 0.529. The largest absolute Gasteiger partial charge is 0.349 e. The van der Waals surface area contributed by atoms with Crippen LogP contribution in [0.15, 0.2) is 54.6 Å². The summed E-state index contributed by atoms with van der Waals surface area (Å²) in [6.45, 7) is 5.47. The molecule has 5 nitrogen and oxygen atoms in total. The molecule has 1 unspecified atom stereocenters. The van der Waals surface area contributed by atoms with Crippen molar-refractivity contribution in [1.82, 2.24) is 20.1 Å². The maximum absolute atomic E-state index is 14.2. The zero-order valence-electron chi connectivity index (χ0n) is 23.2. The predicted octanol–water partition coefficient (Wildman–Crippen LogP) is 6.27. The lowest BCUT2D eigenvalue weighted by Crippen LogP contribution is -2.46. The van der Waals surface area contributed by atoms with Gasteiger partial charge in [-0.3, -0.25) is 9.69 Å². The first-order chi connectivity index (χ1) is 19.2. The highest BCUT2D eigenvalue weighted by Gasteiger charge is 2.40. The van der Waals surface area contributed by atoms with Crippen molar-refractivity contribution in [3.63, 3.8) is 0 Å². The van der Waals surface area contributed by atoms with Crippen LogP contribution in [-0.4, -0.2) is 59.0 Å². The summed E-state index contributed by atoms with van der Waals surface area (Å²) in [5.74, 6) is 1.55. The van der Waals surface area contributed by atoms with E-state index in [1.54, 1.807) is 0 Å². The summed E-state index contributed by atoms with van der Waals surface area (Å²) >= 11 is 0. The number of pyridine rings is 1. The van der Waals surface area contributed by atoms with Gasteiger partial charge in [0.15, 0.2) is 0 Å². The monoisotopic (exact) mass is 522 g/mol. The number of aromatic nitrogens is 1. The quantitative estimate of drug-likeness (QED) is 0.415. The predicted molar refractivity (Wildman–Crippen MR) is 158 cm³/mol. The number of hydrogen-bond acceptors (Lipinski definition) is 4. The van der Waals surface area contributed by atoms with Crippen molar-refractivity contribution < 1.29 is 4.79 Å². The second kappa shape index (κ2) is 11.0. The van der Waals surface area contributed by atoms with E-state index in [9.17, 15) is 4.79 Å². The molecule has 2 aliphatic heterocycles. The molecule has 4 fully saturated rings. The molecule has 2 saturated heterocycles. The molecule has 2 saturated carbocycles. The SMILES string of the molecule is O=C(N[C@H]1C[C@@H]2CCC1C2)c1c(CN2CCC(N3CCCCC3)CC2)c(-c2ccccc2)nc2ccccc12. The fourth-order valence-corrected chi connectivity index (χ4v) is 8.11. The Morgan fingerprint density at radius 1 is 0.846 bits per heavy atom. The van der Waals surface area contributed by atoms with E-state index in [2.05, 4.69) is 63.6 Å². The Labute approximate surface area is 233 Å². The molecule has 3 aromatic rings. The smallest absolute Gasteiger partial charge is 0.252 e. The molecule has 204 valence electrons. The minimum atomic E-state index is 0.0986. The summed E-state index contributed by atoms with van der Waals surface area (Å²) in [6.07, 6.45) is 11.6. The van der Waals surface area contributed by atoms with E-state index in [4.69, 9.17) is 4.98 Å². The van der Waals surface area contributed by atoms with Crippen molar-refractivity contribution >= 4 is 16.8 Å². The van der Waals surface area contributed by atoms with Crippen molar-refractivity contribution in [1.29, 1.82) is 0 Å². The number of hydrogen-bond donors (Lipinski definition) is 1. The average molecular weight is 523 g/mol. The summed E-state index contributed by atoms with van der Waals surface area (Å²) in [7, 11) is 0. The molecule has 3 atom stereocenters. The van der Waals surface area contributed by atoms with E-state index in [1.807, 2.05) is 6.07 Å². The van der Waals surface area contributed by atoms with Crippen LogP contribution in [0.2, 0.25) is 0 Å². The Bertz CT molecular complexity index is 1310. The molecule has 3 heterocycles. The van der Waals surface area contributed by atoms with Crippen LogP contribution in [0.3, 0.4) is 0 Å². The summed E-state index contributed by atoms with van der Waals surface area (Å²) < 4.78 is 0. The van der Waals surface area contributed by atoms with Gasteiger partial charge in [0.2, 0.25) is 0 Å². The van der Waals surface area contributed by atoms with E-state index < -0.39 is 0 Å². The Kier molecular flexibility index (Phi) is 7.12. The first-order valence-corrected chi connectivity index (χ1v) is 15.5. The molecule has 1 aromatic heterocycles. The molecule has 5 heteroatoms. The fourth-order valence-electron chi connectivity index (χ4n) is 8.11. The van der Waals surface area contributed by atoms with Crippen molar-refractivity contribution in [2.75, 3.05) is 26.2 Å². The lowest BCUT2D eigenvalue weighted by molar-refractivity contribution is 0.0879. The first-order valence-electron chi connectivity index (χ1n) is 15.5. The zero-order chi connectivity index (χ0) is 26.2. The minimum absolute atomic E-state index is 0.0986. The topological polar surface area (TPSA) is 48.5 Å². The summed E-state index contributed by atoms with van der Waals surface area (Å²) in [5, 5.41) is 4.52. The number of benzene rings is 2. The van der Waals surface area contributed by atoms with Crippen LogP contribution in [-0.2, 0) is 6.54 Å². The second-order valence-corrected chi connectivity index (χ2v) is 12.6. The lowest BCUT2D eigenvalue weighted by atomic mass is 9.92. The summed E-state index contributed by atoms with van der Waals surface area (Å²) in [6, 6.07) is 19.8. The number of carbonyl (C=O) groups excluding carboxylic acids is 1. The molecule has 0 radical (unpaired) electrons. The number of rotatable bonds is 6. The Hall–Kier alpha value is -2.76. The highest BCUT2D eigenvalue weighted by molar-refractivity contribution is 6.09. The third-order valence-corrected chi connectivity index (χ3v) is 10.2. The van der Waals surface area contributed by atoms with E-state index in [0.29, 0.717) is 18.0 Å². The highest BCUT2D eigenvalue weighted by Crippen LogP contribution is 2.44. The van der Waals surface area contributed by atoms with Crippen LogP contribution < -0.4 is 5.32 Å². The van der Waals surface area contributed by atoms with Gasteiger partial charge in [0.05, 0.1) is 16.8 Å². The Balaban J connectivity index is 1.23. The number of nitrogens with one attached hydrogen (secondary N) is 1. The van der Waals surface area contributed by atoms with Gasteiger partial charge in [-0.05, 0) is 89.0 Å². The van der Waals surface area contributed by atoms with Crippen LogP contribution in [0, 0.1) is 11.8 Å². The first kappa shape index (κ1) is 25.2. The number of amides is 1. The van der Waals surface area contributed by atoms with Gasteiger partial charge in [-0.2, -0.15) is 0 Å². The summed E-state index contributed by atoms with van der Waals surface area (Å²) in [4.78, 5) is 24.7. The third-order valence-electron chi connectivity index (χ3n) is 10.2. The Morgan fingerprint density at radius 3 is 2.36 bits per heavy atom. The molecule has 2 aliphatic carbocycles. The normalized spacial score (nSPS) is 26.3. The van der Waals surface area contributed by atoms with Crippen LogP contribution in [0.4, 0.5) is 0 Å². The highest BCUT2D eigenvalue weighted by atomic mass is 16.1. The third kappa shape index (κ3) is 5.12. The van der Waals surface area contributed by atoms with Crippen LogP contribution >= 0.6 is 0 Å². The van der Waals surface area contributed by atoms with E-state index in [1.165, 1.54) is 64.5 Å². The number of piperidine rings is 2. The van der Waals surface area contributed by atoms with E-state index >= 15 is 0 Å². The second-order valence-electron chi connectivity index (χ2n) is 12.6. The molecule has 7 rings (SSSR count). The number of para-hydroxylation sites is 1. The summed E-state index contributed by atoms with van der Waals surface area (Å²) in [5.41, 5.74) is 4.90. The molecule has 2 bridgehead atoms. The molecule has 2 aromatic carbocycles. The van der Waals surface area contributed by atoms with Gasteiger partial charge in [-0.1, -0.05) is 61.4 Å². The number of nitrogens with zero attached hydrogens (tertiary/aromatic N) is 3. The zero-order valence-corrected chi connectivity index (χ0v) is 23.2. The lowest BCUT2D eigenvalue weighted by Gasteiger charge is -2.40. The maximum Gasteiger partial charge on any atom is 0.252 e. The standard InChI is InChI=1S/C34H42N4O/c39-34(36-31-22-24-13-14-26(31)21-24)32-28-11-5-6-12-30(28)35-33(25-9-3-1-4-10-25)29(32)23-37-19-15-27(16-20-37)38-17-7-2-8-18-38/h1,3-6,9-12,24,26-27,31H,2,7-8,13-23H2,(H,36,39)/t24-,26?,31+/m1/s1. The molecule has 1 amide bonds. The van der Waals surface area contributed by atoms with Gasteiger partial charge in [-0.15, -0.1) is 0 Å². The van der Waals surface area contributed by atoms with Crippen molar-refractivity contribution in [3.8, 4) is 11.3 Å². The number of likely N-dealkylation sites (tertiary alicyclic amines) is 2. The molecular weight excluding hydrogens is 480 g/mol. The van der Waals surface area contributed by atoms with E-state index in [-0.39, 0.29) is 5.91 Å². The van der Waals surface area contributed by atoms with Crippen LogP contribution in [0.25, 0.3) is 22.2 Å². The van der Waals surface area contributed by atoms with Crippen molar-refractivity contribution in [2.45, 2.75) is 76.4 Å². The van der Waals surface area contributed by atoms with Gasteiger partial charge >= 0.3 is 0 Å². The van der Waals surface area contributed by atoms with Gasteiger partial charge in [-0.25, -0.2) is 4.98 Å². The van der Waals surface area contributed by atoms with Crippen LogP contribution in [0.5, 0.6) is 0 Å². The van der Waals surface area contributed by atoms with Crippen molar-refractivity contribution in [3.05, 3.63) is 65.7 Å². The number of carbonyl (C=O) groups is 1. The molecule has 4 aliphatic rings.